The van der Waals surface area contributed by atoms with Crippen LogP contribution in [0.25, 0.3) is 0 Å². The summed E-state index contributed by atoms with van der Waals surface area (Å²) in [7, 11) is 0. The molecule has 6 atom stereocenters. The van der Waals surface area contributed by atoms with Gasteiger partial charge in [-0.15, -0.1) is 47.0 Å². The molecule has 2 aliphatic heterocycles. The van der Waals surface area contributed by atoms with Crippen LogP contribution < -0.4 is 0 Å². The van der Waals surface area contributed by atoms with Gasteiger partial charge < -0.3 is 0 Å². The molecule has 0 aromatic heterocycles. The zero-order valence-electron chi connectivity index (χ0n) is 19.9. The van der Waals surface area contributed by atoms with E-state index in [-0.39, 0.29) is 0 Å². The van der Waals surface area contributed by atoms with Crippen LogP contribution in [0.15, 0.2) is 0 Å². The highest BCUT2D eigenvalue weighted by atomic mass is 32.2. The zero-order chi connectivity index (χ0) is 22.8. The Morgan fingerprint density at radius 2 is 1.12 bits per heavy atom. The van der Waals surface area contributed by atoms with Crippen LogP contribution in [0.4, 0.5) is 0 Å². The van der Waals surface area contributed by atoms with Crippen LogP contribution in [-0.4, -0.2) is 64.7 Å². The molecule has 188 valence electrons. The molecule has 0 N–H and O–H groups in total. The summed E-state index contributed by atoms with van der Waals surface area (Å²) in [5.41, 5.74) is 0. The lowest BCUT2D eigenvalue weighted by molar-refractivity contribution is 0.272. The fourth-order valence-corrected chi connectivity index (χ4v) is 17.4. The summed E-state index contributed by atoms with van der Waals surface area (Å²) in [4.78, 5) is 0. The third-order valence-electron chi connectivity index (χ3n) is 6.85. The van der Waals surface area contributed by atoms with E-state index in [2.05, 4.69) is 110 Å². The van der Waals surface area contributed by atoms with Crippen molar-refractivity contribution in [3.63, 3.8) is 0 Å². The van der Waals surface area contributed by atoms with Gasteiger partial charge in [-0.25, -0.2) is 0 Å². The SMILES string of the molecule is CCCCSC(C1CCC(C(SCCCC)C2SCC(CS)S2)CC1)C1SCC(CS)S1. The van der Waals surface area contributed by atoms with Gasteiger partial charge in [-0.1, -0.05) is 26.7 Å². The van der Waals surface area contributed by atoms with Crippen molar-refractivity contribution in [3.8, 4) is 0 Å². The van der Waals surface area contributed by atoms with E-state index >= 15 is 0 Å². The summed E-state index contributed by atoms with van der Waals surface area (Å²) in [5, 5.41) is 3.26. The summed E-state index contributed by atoms with van der Waals surface area (Å²) in [6.07, 6.45) is 11.3. The average Bonchev–Trinajstić information content (AvgIpc) is 3.50. The molecule has 0 radical (unpaired) electrons. The topological polar surface area (TPSA) is 0 Å². The molecule has 8 heteroatoms. The summed E-state index contributed by atoms with van der Waals surface area (Å²) >= 11 is 22.9. The van der Waals surface area contributed by atoms with Crippen molar-refractivity contribution >= 4 is 95.8 Å². The van der Waals surface area contributed by atoms with Crippen LogP contribution in [0.2, 0.25) is 0 Å². The van der Waals surface area contributed by atoms with Gasteiger partial charge in [0, 0.05) is 44.0 Å². The maximum Gasteiger partial charge on any atom is 0.0627 e. The first kappa shape index (κ1) is 29.4. The molecule has 0 aromatic carbocycles. The van der Waals surface area contributed by atoms with Crippen LogP contribution in [0.3, 0.4) is 0 Å². The van der Waals surface area contributed by atoms with Crippen LogP contribution in [0, 0.1) is 11.8 Å². The molecule has 3 fully saturated rings. The highest BCUT2D eigenvalue weighted by Crippen LogP contribution is 2.52. The molecule has 2 heterocycles. The Balaban J connectivity index is 1.57. The van der Waals surface area contributed by atoms with E-state index in [0.29, 0.717) is 0 Å². The molecular formula is C24H44S8. The Morgan fingerprint density at radius 1 is 0.719 bits per heavy atom. The lowest BCUT2D eigenvalue weighted by Crippen LogP contribution is -2.34. The standard InChI is InChI=1S/C24H44S8/c1-3-5-11-27-21(23-29-15-19(13-25)31-23)17-7-9-18(10-8-17)22(28-12-6-4-2)24-30-16-20(14-26)32-24/h17-26H,3-16H2,1-2H3. The van der Waals surface area contributed by atoms with E-state index in [1.165, 1.54) is 74.4 Å². The van der Waals surface area contributed by atoms with Crippen LogP contribution in [0.5, 0.6) is 0 Å². The quantitative estimate of drug-likeness (QED) is 0.153. The van der Waals surface area contributed by atoms with Gasteiger partial charge in [0.15, 0.2) is 0 Å². The molecule has 3 rings (SSSR count). The second kappa shape index (κ2) is 16.6. The second-order valence-electron chi connectivity index (χ2n) is 9.34. The van der Waals surface area contributed by atoms with E-state index in [0.717, 1.165) is 53.5 Å². The van der Waals surface area contributed by atoms with E-state index in [1.54, 1.807) is 0 Å². The summed E-state index contributed by atoms with van der Waals surface area (Å²) in [5.74, 6) is 9.33. The molecule has 0 amide bonds. The summed E-state index contributed by atoms with van der Waals surface area (Å²) in [6, 6.07) is 0. The summed E-state index contributed by atoms with van der Waals surface area (Å²) in [6.45, 7) is 4.68. The van der Waals surface area contributed by atoms with Gasteiger partial charge in [0.05, 0.1) is 9.16 Å². The van der Waals surface area contributed by atoms with Gasteiger partial charge in [-0.2, -0.15) is 48.8 Å². The van der Waals surface area contributed by atoms with Gasteiger partial charge in [-0.3, -0.25) is 0 Å². The highest BCUT2D eigenvalue weighted by Gasteiger charge is 2.41. The monoisotopic (exact) mass is 588 g/mol. The molecule has 0 nitrogen and oxygen atoms in total. The smallest absolute Gasteiger partial charge is 0.0627 e. The largest absolute Gasteiger partial charge is 0.178 e. The predicted molar refractivity (Wildman–Crippen MR) is 171 cm³/mol. The maximum atomic E-state index is 4.61. The molecule has 1 saturated carbocycles. The first-order valence-corrected chi connectivity index (χ1v) is 20.0. The van der Waals surface area contributed by atoms with Gasteiger partial charge >= 0.3 is 0 Å². The maximum absolute atomic E-state index is 4.61. The molecule has 0 aromatic rings. The molecule has 2 saturated heterocycles. The van der Waals surface area contributed by atoms with Gasteiger partial charge in [0.1, 0.15) is 0 Å². The van der Waals surface area contributed by atoms with Gasteiger partial charge in [0.25, 0.3) is 0 Å². The van der Waals surface area contributed by atoms with E-state index in [9.17, 15) is 0 Å². The van der Waals surface area contributed by atoms with Crippen LogP contribution in [-0.2, 0) is 0 Å². The Labute approximate surface area is 235 Å². The van der Waals surface area contributed by atoms with E-state index in [1.807, 2.05) is 0 Å². The number of rotatable bonds is 14. The van der Waals surface area contributed by atoms with Crippen LogP contribution in [0.1, 0.15) is 65.2 Å². The van der Waals surface area contributed by atoms with Crippen molar-refractivity contribution in [2.24, 2.45) is 11.8 Å². The minimum atomic E-state index is 0.773. The number of unbranched alkanes of at least 4 members (excludes halogenated alkanes) is 2. The Morgan fingerprint density at radius 3 is 1.44 bits per heavy atom. The van der Waals surface area contributed by atoms with Crippen molar-refractivity contribution in [1.29, 1.82) is 0 Å². The van der Waals surface area contributed by atoms with E-state index < -0.39 is 0 Å². The third-order valence-corrected chi connectivity index (χ3v) is 18.9. The lowest BCUT2D eigenvalue weighted by Gasteiger charge is -2.39. The van der Waals surface area contributed by atoms with Crippen molar-refractivity contribution in [2.45, 2.75) is 95.4 Å². The zero-order valence-corrected chi connectivity index (χ0v) is 26.6. The minimum Gasteiger partial charge on any atom is -0.178 e. The summed E-state index contributed by atoms with van der Waals surface area (Å²) < 4.78 is 1.62. The fraction of sp³-hybridized carbons (Fsp3) is 1.00. The molecule has 0 bridgehead atoms. The van der Waals surface area contributed by atoms with Gasteiger partial charge in [0.2, 0.25) is 0 Å². The number of thiol groups is 2. The molecule has 1 aliphatic carbocycles. The normalized spacial score (nSPS) is 35.2. The Hall–Kier alpha value is 2.80. The van der Waals surface area contributed by atoms with Crippen molar-refractivity contribution < 1.29 is 0 Å². The minimum absolute atomic E-state index is 0.773. The molecule has 0 spiro atoms. The first-order valence-electron chi connectivity index (χ1n) is 12.7. The van der Waals surface area contributed by atoms with E-state index in [4.69, 9.17) is 0 Å². The Kier molecular flexibility index (Phi) is 15.2. The first-order chi connectivity index (χ1) is 15.7. The van der Waals surface area contributed by atoms with Crippen molar-refractivity contribution in [3.05, 3.63) is 0 Å². The highest BCUT2D eigenvalue weighted by molar-refractivity contribution is 8.22. The number of hydrogen-bond acceptors (Lipinski definition) is 8. The average molecular weight is 589 g/mol. The molecule has 6 unspecified atom stereocenters. The van der Waals surface area contributed by atoms with Crippen LogP contribution >= 0.6 is 95.8 Å². The third kappa shape index (κ3) is 8.97. The Bertz CT molecular complexity index is 454. The predicted octanol–water partition coefficient (Wildman–Crippen LogP) is 8.81. The fourth-order valence-electron chi connectivity index (χ4n) is 4.88. The number of hydrogen-bond donors (Lipinski definition) is 2. The second-order valence-corrected chi connectivity index (χ2v) is 18.5. The van der Waals surface area contributed by atoms with Gasteiger partial charge in [-0.05, 0) is 61.9 Å². The molecule has 3 aliphatic rings. The molecule has 32 heavy (non-hydrogen) atoms. The van der Waals surface area contributed by atoms with Crippen molar-refractivity contribution in [1.82, 2.24) is 0 Å². The number of thioether (sulfide) groups is 6. The lowest BCUT2D eigenvalue weighted by atomic mass is 9.79. The molecular weight excluding hydrogens is 545 g/mol. The van der Waals surface area contributed by atoms with Crippen molar-refractivity contribution in [2.75, 3.05) is 34.5 Å².